The van der Waals surface area contributed by atoms with Crippen LogP contribution in [0.2, 0.25) is 0 Å². The molecule has 0 aromatic heterocycles. The SMILES string of the molecule is Cc1cc(-c2cc(CCS(=O)[O-])ccc2NCC2CC2)c(C(=O)O)cc1C(=O)O. The fourth-order valence-electron chi connectivity index (χ4n) is 3.24. The predicted octanol–water partition coefficient (Wildman–Crippen LogP) is 3.30. The summed E-state index contributed by atoms with van der Waals surface area (Å²) < 4.78 is 21.8. The summed E-state index contributed by atoms with van der Waals surface area (Å²) in [5.41, 5.74) is 2.83. The zero-order valence-electron chi connectivity index (χ0n) is 15.9. The standard InChI is InChI=1S/C21H23NO6S/c1-12-8-16(18(21(25)26)10-15(12)20(23)24)17-9-13(6-7-29(27)28)4-5-19(17)22-11-14-2-3-14/h4-5,8-10,14,22H,2-3,6-7,11H2,1H3,(H,23,24)(H,25,26)(H,27,28)/p-1. The summed E-state index contributed by atoms with van der Waals surface area (Å²) in [6, 6.07) is 8.18. The lowest BCUT2D eigenvalue weighted by atomic mass is 9.91. The van der Waals surface area contributed by atoms with E-state index < -0.39 is 23.0 Å². The molecule has 2 aromatic carbocycles. The van der Waals surface area contributed by atoms with Gasteiger partial charge in [-0.25, -0.2) is 9.59 Å². The molecular formula is C21H22NO6S-. The maximum atomic E-state index is 11.9. The third-order valence-electron chi connectivity index (χ3n) is 5.04. The van der Waals surface area contributed by atoms with Gasteiger partial charge in [0.15, 0.2) is 0 Å². The van der Waals surface area contributed by atoms with Crippen LogP contribution in [0.3, 0.4) is 0 Å². The highest BCUT2D eigenvalue weighted by molar-refractivity contribution is 7.79. The number of anilines is 1. The van der Waals surface area contributed by atoms with Gasteiger partial charge in [-0.2, -0.15) is 0 Å². The van der Waals surface area contributed by atoms with Gasteiger partial charge < -0.3 is 20.1 Å². The van der Waals surface area contributed by atoms with Gasteiger partial charge >= 0.3 is 11.9 Å². The molecule has 3 N–H and O–H groups in total. The van der Waals surface area contributed by atoms with Gasteiger partial charge in [-0.15, -0.1) is 0 Å². The van der Waals surface area contributed by atoms with Gasteiger partial charge in [0.05, 0.1) is 11.1 Å². The van der Waals surface area contributed by atoms with Crippen molar-refractivity contribution in [3.63, 3.8) is 0 Å². The van der Waals surface area contributed by atoms with Crippen molar-refractivity contribution in [2.24, 2.45) is 5.92 Å². The van der Waals surface area contributed by atoms with Crippen molar-refractivity contribution in [2.75, 3.05) is 17.6 Å². The first-order chi connectivity index (χ1) is 13.8. The van der Waals surface area contributed by atoms with Crippen LogP contribution in [-0.2, 0) is 17.5 Å². The van der Waals surface area contributed by atoms with Gasteiger partial charge in [0.2, 0.25) is 0 Å². The zero-order chi connectivity index (χ0) is 21.1. The van der Waals surface area contributed by atoms with Crippen molar-refractivity contribution in [1.82, 2.24) is 0 Å². The monoisotopic (exact) mass is 416 g/mol. The number of carbonyl (C=O) groups is 2. The lowest BCUT2D eigenvalue weighted by Crippen LogP contribution is -2.09. The average Bonchev–Trinajstić information content (AvgIpc) is 3.48. The number of rotatable bonds is 9. The highest BCUT2D eigenvalue weighted by atomic mass is 32.2. The fraction of sp³-hybridized carbons (Fsp3) is 0.333. The smallest absolute Gasteiger partial charge is 0.336 e. The number of aromatic carboxylic acids is 2. The molecule has 0 aliphatic heterocycles. The van der Waals surface area contributed by atoms with E-state index in [0.717, 1.165) is 30.6 Å². The van der Waals surface area contributed by atoms with E-state index in [1.54, 1.807) is 19.1 Å². The second kappa shape index (κ2) is 8.75. The summed E-state index contributed by atoms with van der Waals surface area (Å²) in [5.74, 6) is -1.84. The van der Waals surface area contributed by atoms with Crippen LogP contribution in [0.5, 0.6) is 0 Å². The molecule has 1 atom stereocenters. The topological polar surface area (TPSA) is 127 Å². The van der Waals surface area contributed by atoms with E-state index >= 15 is 0 Å². The fourth-order valence-corrected chi connectivity index (χ4v) is 3.64. The minimum Gasteiger partial charge on any atom is -0.772 e. The van der Waals surface area contributed by atoms with Crippen LogP contribution in [0, 0.1) is 12.8 Å². The largest absolute Gasteiger partial charge is 0.772 e. The van der Waals surface area contributed by atoms with Crippen LogP contribution in [-0.4, -0.2) is 43.2 Å². The van der Waals surface area contributed by atoms with E-state index in [2.05, 4.69) is 5.32 Å². The molecule has 29 heavy (non-hydrogen) atoms. The van der Waals surface area contributed by atoms with E-state index in [9.17, 15) is 28.6 Å². The van der Waals surface area contributed by atoms with Gasteiger partial charge in [0.1, 0.15) is 0 Å². The molecule has 3 rings (SSSR count). The third kappa shape index (κ3) is 5.21. The van der Waals surface area contributed by atoms with Gasteiger partial charge in [0, 0.05) is 23.5 Å². The molecule has 1 aliphatic carbocycles. The predicted molar refractivity (Wildman–Crippen MR) is 109 cm³/mol. The van der Waals surface area contributed by atoms with Crippen molar-refractivity contribution >= 4 is 28.7 Å². The summed E-state index contributed by atoms with van der Waals surface area (Å²) in [5, 5.41) is 22.4. The number of benzene rings is 2. The molecule has 0 spiro atoms. The zero-order valence-corrected chi connectivity index (χ0v) is 16.8. The Hall–Kier alpha value is -2.71. The Morgan fingerprint density at radius 3 is 2.38 bits per heavy atom. The molecule has 154 valence electrons. The number of hydrogen-bond donors (Lipinski definition) is 3. The molecular weight excluding hydrogens is 394 g/mol. The molecule has 0 bridgehead atoms. The molecule has 0 amide bonds. The lowest BCUT2D eigenvalue weighted by Gasteiger charge is -2.17. The molecule has 1 saturated carbocycles. The van der Waals surface area contributed by atoms with Crippen molar-refractivity contribution in [2.45, 2.75) is 26.2 Å². The second-order valence-corrected chi connectivity index (χ2v) is 8.30. The van der Waals surface area contributed by atoms with Gasteiger partial charge in [0.25, 0.3) is 0 Å². The maximum Gasteiger partial charge on any atom is 0.336 e. The molecule has 7 nitrogen and oxygen atoms in total. The van der Waals surface area contributed by atoms with Gasteiger partial charge in [-0.1, -0.05) is 17.1 Å². The Morgan fingerprint density at radius 2 is 1.79 bits per heavy atom. The van der Waals surface area contributed by atoms with Crippen molar-refractivity contribution < 1.29 is 28.6 Å². The first-order valence-electron chi connectivity index (χ1n) is 9.30. The maximum absolute atomic E-state index is 11.9. The van der Waals surface area contributed by atoms with E-state index in [0.29, 0.717) is 29.0 Å². The Bertz CT molecular complexity index is 983. The number of carboxylic acids is 2. The average molecular weight is 416 g/mol. The summed E-state index contributed by atoms with van der Waals surface area (Å²) in [7, 11) is 0. The van der Waals surface area contributed by atoms with E-state index in [4.69, 9.17) is 0 Å². The molecule has 8 heteroatoms. The number of hydrogen-bond acceptors (Lipinski definition) is 5. The minimum absolute atomic E-state index is 0.0307. The van der Waals surface area contributed by atoms with E-state index in [1.807, 2.05) is 12.1 Å². The summed E-state index contributed by atoms with van der Waals surface area (Å²) in [6.45, 7) is 2.39. The van der Waals surface area contributed by atoms with Crippen LogP contribution in [0.25, 0.3) is 11.1 Å². The second-order valence-electron chi connectivity index (χ2n) is 7.29. The molecule has 1 fully saturated rings. The highest BCUT2D eigenvalue weighted by Gasteiger charge is 2.23. The van der Waals surface area contributed by atoms with Crippen molar-refractivity contribution in [1.29, 1.82) is 0 Å². The van der Waals surface area contributed by atoms with Gasteiger partial charge in [-0.05, 0) is 73.1 Å². The number of carboxylic acid groups (broad SMARTS) is 2. The highest BCUT2D eigenvalue weighted by Crippen LogP contribution is 2.36. The normalized spacial score (nSPS) is 14.4. The first-order valence-corrected chi connectivity index (χ1v) is 10.5. The number of nitrogens with one attached hydrogen (secondary N) is 1. The Morgan fingerprint density at radius 1 is 1.10 bits per heavy atom. The van der Waals surface area contributed by atoms with Crippen LogP contribution < -0.4 is 5.32 Å². The number of aryl methyl sites for hydroxylation is 2. The lowest BCUT2D eigenvalue weighted by molar-refractivity contribution is 0.0695. The molecule has 0 saturated heterocycles. The van der Waals surface area contributed by atoms with Gasteiger partial charge in [-0.3, -0.25) is 4.21 Å². The van der Waals surface area contributed by atoms with Crippen LogP contribution >= 0.6 is 0 Å². The molecule has 1 unspecified atom stereocenters. The Labute approximate surface area is 171 Å². The first kappa shape index (κ1) is 21.0. The van der Waals surface area contributed by atoms with Crippen LogP contribution in [0.1, 0.15) is 44.7 Å². The Balaban J connectivity index is 2.11. The summed E-state index contributed by atoms with van der Waals surface area (Å²) in [6.07, 6.45) is 2.62. The van der Waals surface area contributed by atoms with Crippen molar-refractivity contribution in [3.8, 4) is 11.1 Å². The van der Waals surface area contributed by atoms with Crippen LogP contribution in [0.4, 0.5) is 5.69 Å². The Kier molecular flexibility index (Phi) is 6.34. The van der Waals surface area contributed by atoms with E-state index in [1.165, 1.54) is 6.07 Å². The molecule has 1 aliphatic rings. The molecule has 0 heterocycles. The van der Waals surface area contributed by atoms with E-state index in [-0.39, 0.29) is 16.9 Å². The quantitative estimate of drug-likeness (QED) is 0.535. The molecule has 2 aromatic rings. The minimum atomic E-state index is -2.17. The summed E-state index contributed by atoms with van der Waals surface area (Å²) >= 11 is -2.17. The molecule has 0 radical (unpaired) electrons. The summed E-state index contributed by atoms with van der Waals surface area (Å²) in [4.78, 5) is 23.3. The third-order valence-corrected chi connectivity index (χ3v) is 5.57. The van der Waals surface area contributed by atoms with Crippen molar-refractivity contribution in [3.05, 3.63) is 52.6 Å². The van der Waals surface area contributed by atoms with Crippen LogP contribution in [0.15, 0.2) is 30.3 Å².